The van der Waals surface area contributed by atoms with Gasteiger partial charge in [0.15, 0.2) is 6.23 Å². The first kappa shape index (κ1) is 32.3. The van der Waals surface area contributed by atoms with Crippen molar-refractivity contribution in [3.8, 4) is 11.5 Å². The fourth-order valence-electron chi connectivity index (χ4n) is 6.17. The highest BCUT2D eigenvalue weighted by Gasteiger charge is 2.44. The van der Waals surface area contributed by atoms with Gasteiger partial charge < -0.3 is 39.6 Å². The molecule has 0 bridgehead atoms. The summed E-state index contributed by atoms with van der Waals surface area (Å²) in [5.41, 5.74) is 4.09. The molecule has 0 spiro atoms. The molecule has 15 heteroatoms. The highest BCUT2D eigenvalue weighted by Crippen LogP contribution is 2.40. The summed E-state index contributed by atoms with van der Waals surface area (Å²) in [4.78, 5) is 18.8. The van der Waals surface area contributed by atoms with Gasteiger partial charge in [-0.1, -0.05) is 40.5 Å². The smallest absolute Gasteiger partial charge is 0.416 e. The van der Waals surface area contributed by atoms with Crippen LogP contribution in [-0.2, 0) is 17.8 Å². The van der Waals surface area contributed by atoms with Crippen LogP contribution in [0.2, 0.25) is 10.0 Å². The van der Waals surface area contributed by atoms with Gasteiger partial charge in [0.25, 0.3) is 0 Å². The molecular formula is C33H31Cl2N5O8. The van der Waals surface area contributed by atoms with Crippen molar-refractivity contribution in [2.45, 2.75) is 49.7 Å². The third-order valence-corrected chi connectivity index (χ3v) is 9.10. The Labute approximate surface area is 283 Å². The van der Waals surface area contributed by atoms with Crippen molar-refractivity contribution >= 4 is 40.2 Å². The summed E-state index contributed by atoms with van der Waals surface area (Å²) in [6.45, 7) is -0.126. The van der Waals surface area contributed by atoms with E-state index in [0.717, 1.165) is 27.7 Å². The first-order valence-corrected chi connectivity index (χ1v) is 15.9. The molecule has 1 saturated heterocycles. The van der Waals surface area contributed by atoms with Crippen molar-refractivity contribution in [1.82, 2.24) is 24.9 Å². The Kier molecular flexibility index (Phi) is 9.00. The summed E-state index contributed by atoms with van der Waals surface area (Å²) in [6, 6.07) is 19.1. The van der Waals surface area contributed by atoms with Gasteiger partial charge in [-0.3, -0.25) is 4.90 Å². The Balaban J connectivity index is 1.10. The molecule has 4 heterocycles. The fraction of sp³-hybridized carbons (Fsp3) is 0.303. The van der Waals surface area contributed by atoms with Gasteiger partial charge in [-0.05, 0) is 72.1 Å². The minimum absolute atomic E-state index is 0.0205. The Bertz CT molecular complexity index is 1920. The van der Waals surface area contributed by atoms with Crippen LogP contribution in [0.1, 0.15) is 34.8 Å². The molecule has 2 aromatic heterocycles. The molecule has 5 N–H and O–H groups in total. The van der Waals surface area contributed by atoms with E-state index in [1.54, 1.807) is 41.3 Å². The van der Waals surface area contributed by atoms with E-state index in [-0.39, 0.29) is 6.61 Å². The first-order chi connectivity index (χ1) is 23.2. The van der Waals surface area contributed by atoms with Gasteiger partial charge in [0, 0.05) is 33.2 Å². The third kappa shape index (κ3) is 6.21. The van der Waals surface area contributed by atoms with E-state index >= 15 is 0 Å². The van der Waals surface area contributed by atoms with Crippen molar-refractivity contribution in [1.29, 1.82) is 0 Å². The number of carbonyl (C=O) groups is 1. The van der Waals surface area contributed by atoms with E-state index in [9.17, 15) is 25.2 Å². The third-order valence-electron chi connectivity index (χ3n) is 8.61. The number of nitrogens with zero attached hydrogens (tertiary/aromatic N) is 4. The van der Waals surface area contributed by atoms with Gasteiger partial charge in [0.05, 0.1) is 12.8 Å². The zero-order valence-corrected chi connectivity index (χ0v) is 26.7. The molecule has 7 rings (SSSR count). The maximum absolute atomic E-state index is 13.6. The summed E-state index contributed by atoms with van der Waals surface area (Å²) in [7, 11) is 0. The van der Waals surface area contributed by atoms with Crippen LogP contribution in [0.4, 0.5) is 4.79 Å². The van der Waals surface area contributed by atoms with E-state index < -0.39 is 49.4 Å². The molecule has 0 radical (unpaired) electrons. The molecule has 1 fully saturated rings. The number of amides is 1. The highest BCUT2D eigenvalue weighted by atomic mass is 35.5. The number of aromatic amines is 1. The topological polar surface area (TPSA) is 175 Å². The molecule has 48 heavy (non-hydrogen) atoms. The number of ether oxygens (including phenoxy) is 3. The molecular weight excluding hydrogens is 665 g/mol. The monoisotopic (exact) mass is 695 g/mol. The van der Waals surface area contributed by atoms with Gasteiger partial charge in [0.1, 0.15) is 54.3 Å². The second-order valence-electron chi connectivity index (χ2n) is 11.6. The fourth-order valence-corrected chi connectivity index (χ4v) is 6.47. The molecule has 0 aliphatic carbocycles. The second kappa shape index (κ2) is 13.4. The molecule has 13 nitrogen and oxygen atoms in total. The Hall–Kier alpha value is -4.21. The van der Waals surface area contributed by atoms with Gasteiger partial charge in [-0.2, -0.15) is 0 Å². The van der Waals surface area contributed by atoms with Gasteiger partial charge in [-0.25, -0.2) is 9.48 Å². The Morgan fingerprint density at radius 1 is 0.958 bits per heavy atom. The van der Waals surface area contributed by atoms with E-state index in [2.05, 4.69) is 15.3 Å². The number of hydrogen-bond donors (Lipinski definition) is 5. The number of benzene rings is 3. The number of aromatic nitrogens is 4. The van der Waals surface area contributed by atoms with Gasteiger partial charge >= 0.3 is 6.09 Å². The Morgan fingerprint density at radius 3 is 2.44 bits per heavy atom. The number of halogens is 2. The maximum atomic E-state index is 13.6. The number of hydrogen-bond acceptors (Lipinski definition) is 10. The summed E-state index contributed by atoms with van der Waals surface area (Å²) in [5.74, 6) is 0.903. The number of carbonyl (C=O) groups excluding carboxylic acids is 1. The lowest BCUT2D eigenvalue weighted by atomic mass is 9.92. The van der Waals surface area contributed by atoms with E-state index in [0.29, 0.717) is 40.2 Å². The second-order valence-corrected chi connectivity index (χ2v) is 12.5. The predicted molar refractivity (Wildman–Crippen MR) is 173 cm³/mol. The normalized spacial score (nSPS) is 24.0. The van der Waals surface area contributed by atoms with Crippen molar-refractivity contribution in [2.75, 3.05) is 13.2 Å². The van der Waals surface area contributed by atoms with Crippen LogP contribution in [-0.4, -0.2) is 89.0 Å². The van der Waals surface area contributed by atoms with Crippen LogP contribution in [0.15, 0.2) is 72.9 Å². The van der Waals surface area contributed by atoms with Crippen LogP contribution in [0.25, 0.3) is 10.9 Å². The number of rotatable bonds is 7. The number of aliphatic hydroxyl groups is 4. The Morgan fingerprint density at radius 2 is 1.69 bits per heavy atom. The number of aliphatic hydroxyl groups excluding tert-OH is 4. The average Bonchev–Trinajstić information content (AvgIpc) is 3.72. The molecule has 0 saturated carbocycles. The molecule has 5 aromatic rings. The lowest BCUT2D eigenvalue weighted by Gasteiger charge is -2.39. The summed E-state index contributed by atoms with van der Waals surface area (Å²) in [6.07, 6.45) is -5.18. The maximum Gasteiger partial charge on any atom is 0.416 e. The van der Waals surface area contributed by atoms with E-state index in [4.69, 9.17) is 37.4 Å². The van der Waals surface area contributed by atoms with Crippen LogP contribution >= 0.6 is 23.2 Å². The van der Waals surface area contributed by atoms with Crippen molar-refractivity contribution in [3.63, 3.8) is 0 Å². The molecule has 6 atom stereocenters. The largest absolute Gasteiger partial charge is 0.487 e. The van der Waals surface area contributed by atoms with Crippen molar-refractivity contribution in [3.05, 3.63) is 105 Å². The standard InChI is InChI=1S/C33H31Cl2N5O8/c34-18-3-8-22(9-4-18)47-33(45)39-12-11-23-24-13-19(35)5-10-25(24)36-27(23)28(39)17-1-6-21(7-2-17)46-16-20-14-40(38-37-20)32-31(44)30(43)29(42)26(15-41)48-32/h1-10,13-14,26,28-32,36,41-44H,11-12,15-16H2/t26?,28-,29?,30?,31?,32+/m0/s1. The average molecular weight is 697 g/mol. The predicted octanol–water partition coefficient (Wildman–Crippen LogP) is 3.76. The lowest BCUT2D eigenvalue weighted by Crippen LogP contribution is -2.56. The molecule has 3 aromatic carbocycles. The first-order valence-electron chi connectivity index (χ1n) is 15.2. The van der Waals surface area contributed by atoms with Crippen molar-refractivity contribution in [2.24, 2.45) is 0 Å². The van der Waals surface area contributed by atoms with E-state index in [1.165, 1.54) is 10.9 Å². The molecule has 2 aliphatic rings. The van der Waals surface area contributed by atoms with E-state index in [1.807, 2.05) is 30.3 Å². The van der Waals surface area contributed by atoms with Gasteiger partial charge in [-0.15, -0.1) is 5.10 Å². The molecule has 2 aliphatic heterocycles. The summed E-state index contributed by atoms with van der Waals surface area (Å²) in [5, 5.41) is 50.2. The number of fused-ring (bicyclic) bond motifs is 3. The zero-order valence-electron chi connectivity index (χ0n) is 25.2. The van der Waals surface area contributed by atoms with Crippen LogP contribution in [0, 0.1) is 0 Å². The van der Waals surface area contributed by atoms with Crippen molar-refractivity contribution < 1.29 is 39.4 Å². The summed E-state index contributed by atoms with van der Waals surface area (Å²) < 4.78 is 18.4. The van der Waals surface area contributed by atoms with Crippen LogP contribution in [0.5, 0.6) is 11.5 Å². The molecule has 1 amide bonds. The van der Waals surface area contributed by atoms with Gasteiger partial charge in [0.2, 0.25) is 0 Å². The number of H-pyrrole nitrogens is 1. The quantitative estimate of drug-likeness (QED) is 0.169. The zero-order chi connectivity index (χ0) is 33.5. The SMILES string of the molecule is O=C(Oc1ccc(Cl)cc1)N1CCc2c([nH]c3ccc(Cl)cc23)[C@@H]1c1ccc(OCc2cn([C@@H]3OC(CO)C(O)C(O)C3O)nn2)cc1. The lowest BCUT2D eigenvalue weighted by molar-refractivity contribution is -0.254. The van der Waals surface area contributed by atoms with Crippen LogP contribution < -0.4 is 9.47 Å². The summed E-state index contributed by atoms with van der Waals surface area (Å²) >= 11 is 12.3. The number of nitrogens with one attached hydrogen (secondary N) is 1. The minimum atomic E-state index is -1.54. The molecule has 250 valence electrons. The molecule has 4 unspecified atom stereocenters. The highest BCUT2D eigenvalue weighted by molar-refractivity contribution is 6.31. The van der Waals surface area contributed by atoms with Crippen LogP contribution in [0.3, 0.4) is 0 Å². The minimum Gasteiger partial charge on any atom is -0.487 e.